The molecule has 4 nitrogen and oxygen atoms in total. The number of ether oxygens (including phenoxy) is 3. The Bertz CT molecular complexity index is 425. The summed E-state index contributed by atoms with van der Waals surface area (Å²) in [6.45, 7) is 2.30. The van der Waals surface area contributed by atoms with Crippen LogP contribution < -0.4 is 0 Å². The third-order valence-corrected chi connectivity index (χ3v) is 2.62. The monoisotopic (exact) mass is 248 g/mol. The van der Waals surface area contributed by atoms with Gasteiger partial charge in [-0.05, 0) is 12.5 Å². The number of hydrogen-bond acceptors (Lipinski definition) is 4. The Labute approximate surface area is 106 Å². The van der Waals surface area contributed by atoms with Gasteiger partial charge >= 0.3 is 5.97 Å². The Morgan fingerprint density at radius 2 is 2.22 bits per heavy atom. The molecule has 0 N–H and O–H groups in total. The molecule has 1 aliphatic rings. The molecular weight excluding hydrogens is 232 g/mol. The summed E-state index contributed by atoms with van der Waals surface area (Å²) in [4.78, 5) is 11.4. The average molecular weight is 248 g/mol. The molecule has 0 radical (unpaired) electrons. The van der Waals surface area contributed by atoms with Crippen molar-refractivity contribution in [3.8, 4) is 0 Å². The molecule has 0 spiro atoms. The van der Waals surface area contributed by atoms with Crippen LogP contribution in [0.4, 0.5) is 0 Å². The highest BCUT2D eigenvalue weighted by Gasteiger charge is 2.24. The summed E-state index contributed by atoms with van der Waals surface area (Å²) in [5, 5.41) is 0. The number of carbonyl (C=O) groups is 1. The van der Waals surface area contributed by atoms with Gasteiger partial charge in [-0.1, -0.05) is 30.3 Å². The molecule has 1 aliphatic heterocycles. The lowest BCUT2D eigenvalue weighted by molar-refractivity contribution is -0.137. The van der Waals surface area contributed by atoms with Crippen molar-refractivity contribution in [1.82, 2.24) is 0 Å². The summed E-state index contributed by atoms with van der Waals surface area (Å²) in [5.74, 6) is 0.147. The van der Waals surface area contributed by atoms with Crippen LogP contribution in [0.2, 0.25) is 0 Å². The van der Waals surface area contributed by atoms with Crippen molar-refractivity contribution < 1.29 is 19.0 Å². The van der Waals surface area contributed by atoms with Crippen LogP contribution in [-0.2, 0) is 25.4 Å². The maximum absolute atomic E-state index is 11.4. The average Bonchev–Trinajstić information content (AvgIpc) is 2.78. The SMILES string of the molecule is CCOC(=O)/C=C1/OCO[C@H]1Cc1ccccc1. The van der Waals surface area contributed by atoms with Gasteiger partial charge in [0.1, 0.15) is 11.9 Å². The van der Waals surface area contributed by atoms with E-state index in [9.17, 15) is 4.79 Å². The van der Waals surface area contributed by atoms with Gasteiger partial charge in [0.15, 0.2) is 6.79 Å². The summed E-state index contributed by atoms with van der Waals surface area (Å²) in [5.41, 5.74) is 1.14. The molecule has 1 aromatic carbocycles. The summed E-state index contributed by atoms with van der Waals surface area (Å²) in [7, 11) is 0. The van der Waals surface area contributed by atoms with Crippen molar-refractivity contribution in [1.29, 1.82) is 0 Å². The Balaban J connectivity index is 2.01. The maximum Gasteiger partial charge on any atom is 0.334 e. The molecule has 2 rings (SSSR count). The zero-order valence-electron chi connectivity index (χ0n) is 10.3. The Morgan fingerprint density at radius 1 is 1.44 bits per heavy atom. The normalized spacial score (nSPS) is 20.7. The van der Waals surface area contributed by atoms with Gasteiger partial charge in [0, 0.05) is 6.42 Å². The van der Waals surface area contributed by atoms with E-state index in [-0.39, 0.29) is 12.9 Å². The maximum atomic E-state index is 11.4. The van der Waals surface area contributed by atoms with Crippen molar-refractivity contribution in [2.45, 2.75) is 19.4 Å². The third kappa shape index (κ3) is 3.34. The van der Waals surface area contributed by atoms with E-state index in [1.807, 2.05) is 30.3 Å². The number of hydrogen-bond donors (Lipinski definition) is 0. The fourth-order valence-electron chi connectivity index (χ4n) is 1.78. The molecule has 0 unspecified atom stereocenters. The molecule has 1 fully saturated rings. The van der Waals surface area contributed by atoms with Gasteiger partial charge in [-0.25, -0.2) is 4.79 Å². The molecule has 1 heterocycles. The largest absolute Gasteiger partial charge is 0.469 e. The molecule has 0 saturated carbocycles. The van der Waals surface area contributed by atoms with Crippen LogP contribution in [0.5, 0.6) is 0 Å². The topological polar surface area (TPSA) is 44.8 Å². The Kier molecular flexibility index (Phi) is 4.36. The quantitative estimate of drug-likeness (QED) is 0.604. The van der Waals surface area contributed by atoms with Gasteiger partial charge in [-0.15, -0.1) is 0 Å². The summed E-state index contributed by atoms with van der Waals surface area (Å²) >= 11 is 0. The van der Waals surface area contributed by atoms with E-state index < -0.39 is 5.97 Å². The highest BCUT2D eigenvalue weighted by molar-refractivity contribution is 5.82. The highest BCUT2D eigenvalue weighted by atomic mass is 16.7. The van der Waals surface area contributed by atoms with Crippen molar-refractivity contribution in [3.63, 3.8) is 0 Å². The molecule has 18 heavy (non-hydrogen) atoms. The van der Waals surface area contributed by atoms with Crippen LogP contribution in [-0.4, -0.2) is 25.5 Å². The van der Waals surface area contributed by atoms with Gasteiger partial charge in [-0.3, -0.25) is 0 Å². The van der Waals surface area contributed by atoms with Gasteiger partial charge in [0.2, 0.25) is 0 Å². The molecule has 4 heteroatoms. The van der Waals surface area contributed by atoms with Crippen LogP contribution in [0, 0.1) is 0 Å². The molecule has 1 saturated heterocycles. The first-order valence-electron chi connectivity index (χ1n) is 5.96. The highest BCUT2D eigenvalue weighted by Crippen LogP contribution is 2.21. The minimum Gasteiger partial charge on any atom is -0.469 e. The zero-order valence-corrected chi connectivity index (χ0v) is 10.3. The molecule has 0 aliphatic carbocycles. The van der Waals surface area contributed by atoms with E-state index in [2.05, 4.69) is 0 Å². The standard InChI is InChI=1S/C14H16O4/c1-2-16-14(15)9-13-12(17-10-18-13)8-11-6-4-3-5-7-11/h3-7,9,12H,2,8,10H2,1H3/b13-9+/t12-/m0/s1. The van der Waals surface area contributed by atoms with E-state index in [1.165, 1.54) is 6.08 Å². The van der Waals surface area contributed by atoms with Crippen LogP contribution in [0.1, 0.15) is 12.5 Å². The van der Waals surface area contributed by atoms with Crippen molar-refractivity contribution in [2.75, 3.05) is 13.4 Å². The summed E-state index contributed by atoms with van der Waals surface area (Å²) < 4.78 is 15.6. The summed E-state index contributed by atoms with van der Waals surface area (Å²) in [6, 6.07) is 9.94. The van der Waals surface area contributed by atoms with E-state index in [0.717, 1.165) is 5.56 Å². The molecule has 96 valence electrons. The lowest BCUT2D eigenvalue weighted by atomic mass is 10.1. The van der Waals surface area contributed by atoms with Crippen LogP contribution in [0.15, 0.2) is 42.2 Å². The van der Waals surface area contributed by atoms with Gasteiger partial charge < -0.3 is 14.2 Å². The van der Waals surface area contributed by atoms with Crippen molar-refractivity contribution in [2.24, 2.45) is 0 Å². The minimum atomic E-state index is -0.393. The smallest absolute Gasteiger partial charge is 0.334 e. The van der Waals surface area contributed by atoms with E-state index >= 15 is 0 Å². The van der Waals surface area contributed by atoms with E-state index in [0.29, 0.717) is 18.8 Å². The number of esters is 1. The number of benzene rings is 1. The zero-order chi connectivity index (χ0) is 12.8. The van der Waals surface area contributed by atoms with E-state index in [1.54, 1.807) is 6.92 Å². The minimum absolute atomic E-state index is 0.183. The second-order valence-corrected chi connectivity index (χ2v) is 3.91. The van der Waals surface area contributed by atoms with E-state index in [4.69, 9.17) is 14.2 Å². The van der Waals surface area contributed by atoms with Gasteiger partial charge in [0.05, 0.1) is 12.7 Å². The lowest BCUT2D eigenvalue weighted by Gasteiger charge is -2.08. The number of carbonyl (C=O) groups excluding carboxylic acids is 1. The van der Waals surface area contributed by atoms with Crippen LogP contribution in [0.25, 0.3) is 0 Å². The van der Waals surface area contributed by atoms with Crippen LogP contribution >= 0.6 is 0 Å². The predicted octanol–water partition coefficient (Wildman–Crippen LogP) is 2.05. The second-order valence-electron chi connectivity index (χ2n) is 3.91. The second kappa shape index (κ2) is 6.21. The molecule has 0 amide bonds. The fourth-order valence-corrected chi connectivity index (χ4v) is 1.78. The Morgan fingerprint density at radius 3 is 2.94 bits per heavy atom. The van der Waals surface area contributed by atoms with Gasteiger partial charge in [-0.2, -0.15) is 0 Å². The first-order valence-corrected chi connectivity index (χ1v) is 5.96. The molecule has 1 atom stereocenters. The Hall–Kier alpha value is -1.81. The first kappa shape index (κ1) is 12.6. The van der Waals surface area contributed by atoms with Crippen molar-refractivity contribution in [3.05, 3.63) is 47.7 Å². The summed E-state index contributed by atoms with van der Waals surface area (Å²) in [6.07, 6.45) is 1.84. The molecule has 1 aromatic rings. The molecule has 0 bridgehead atoms. The lowest BCUT2D eigenvalue weighted by Crippen LogP contribution is -2.13. The van der Waals surface area contributed by atoms with Crippen molar-refractivity contribution >= 4 is 5.97 Å². The first-order chi connectivity index (χ1) is 8.79. The molecular formula is C14H16O4. The predicted molar refractivity (Wildman–Crippen MR) is 65.7 cm³/mol. The van der Waals surface area contributed by atoms with Gasteiger partial charge in [0.25, 0.3) is 0 Å². The molecule has 0 aromatic heterocycles. The fraction of sp³-hybridized carbons (Fsp3) is 0.357. The number of rotatable bonds is 4. The third-order valence-electron chi connectivity index (χ3n) is 2.62. The van der Waals surface area contributed by atoms with Crippen LogP contribution in [0.3, 0.4) is 0 Å².